The highest BCUT2D eigenvalue weighted by Gasteiger charge is 2.24. The van der Waals surface area contributed by atoms with Crippen LogP contribution >= 0.6 is 11.6 Å². The Morgan fingerprint density at radius 2 is 2.26 bits per heavy atom. The Balaban J connectivity index is 1.70. The fourth-order valence-electron chi connectivity index (χ4n) is 2.43. The number of fused-ring (bicyclic) bond motifs is 1. The number of rotatable bonds is 1. The van der Waals surface area contributed by atoms with Crippen LogP contribution in [-0.2, 0) is 24.2 Å². The third-order valence-corrected chi connectivity index (χ3v) is 3.80. The van der Waals surface area contributed by atoms with E-state index in [1.165, 1.54) is 7.11 Å². The summed E-state index contributed by atoms with van der Waals surface area (Å²) in [6.07, 6.45) is 0.152. The number of hydrogen-bond donors (Lipinski definition) is 0. The number of benzene rings is 1. The molecule has 0 saturated carbocycles. The molecule has 0 aliphatic carbocycles. The summed E-state index contributed by atoms with van der Waals surface area (Å²) in [7, 11) is 1.37. The summed E-state index contributed by atoms with van der Waals surface area (Å²) in [4.78, 5) is 13.2. The highest BCUT2D eigenvalue weighted by molar-refractivity contribution is 6.30. The first-order valence-electron chi connectivity index (χ1n) is 7.15. The third kappa shape index (κ3) is 3.46. The van der Waals surface area contributed by atoms with Crippen LogP contribution in [0.1, 0.15) is 17.2 Å². The van der Waals surface area contributed by atoms with Crippen LogP contribution in [0.4, 0.5) is 4.79 Å². The number of aromatic nitrogens is 3. The lowest BCUT2D eigenvalue weighted by molar-refractivity contribution is 0.111. The summed E-state index contributed by atoms with van der Waals surface area (Å²) < 4.78 is 6.74. The highest BCUT2D eigenvalue weighted by atomic mass is 35.5. The van der Waals surface area contributed by atoms with Gasteiger partial charge in [0.05, 0.1) is 20.1 Å². The number of carbonyl (C=O) groups excluding carboxylic acids is 1. The molecule has 1 aromatic heterocycles. The predicted octanol–water partition coefficient (Wildman–Crippen LogP) is 2.11. The molecule has 0 bridgehead atoms. The smallest absolute Gasteiger partial charge is 0.409 e. The molecule has 118 valence electrons. The van der Waals surface area contributed by atoms with Gasteiger partial charge in [0.15, 0.2) is 5.82 Å². The van der Waals surface area contributed by atoms with Crippen LogP contribution in [0.25, 0.3) is 0 Å². The summed E-state index contributed by atoms with van der Waals surface area (Å²) in [5.74, 6) is 7.71. The van der Waals surface area contributed by atoms with E-state index in [0.29, 0.717) is 31.1 Å². The van der Waals surface area contributed by atoms with Gasteiger partial charge < -0.3 is 9.30 Å². The normalized spacial score (nSPS) is 13.0. The standard InChI is InChI=1S/C16H15ClN4O2/c1-23-16(22)20-8-9-21-14(18-19-15(21)11-20)7-3-5-12-4-2-6-13(17)10-12/h2,4,6,10H,7-9,11H2,1H3. The zero-order valence-corrected chi connectivity index (χ0v) is 13.4. The molecule has 1 aliphatic rings. The SMILES string of the molecule is COC(=O)N1CCn2c(CC#Cc3cccc(Cl)c3)nnc2C1. The van der Waals surface area contributed by atoms with Crippen molar-refractivity contribution in [1.82, 2.24) is 19.7 Å². The molecule has 0 N–H and O–H groups in total. The van der Waals surface area contributed by atoms with Gasteiger partial charge in [-0.1, -0.05) is 29.5 Å². The van der Waals surface area contributed by atoms with Crippen LogP contribution in [0, 0.1) is 11.8 Å². The number of carbonyl (C=O) groups is 1. The first kappa shape index (κ1) is 15.4. The highest BCUT2D eigenvalue weighted by Crippen LogP contribution is 2.14. The van der Waals surface area contributed by atoms with Crippen LogP contribution in [0.15, 0.2) is 24.3 Å². The van der Waals surface area contributed by atoms with Crippen LogP contribution in [0.5, 0.6) is 0 Å². The minimum Gasteiger partial charge on any atom is -0.453 e. The maximum Gasteiger partial charge on any atom is 0.409 e. The van der Waals surface area contributed by atoms with Crippen molar-refractivity contribution in [3.63, 3.8) is 0 Å². The summed E-state index contributed by atoms with van der Waals surface area (Å²) in [6, 6.07) is 7.41. The van der Waals surface area contributed by atoms with Crippen LogP contribution < -0.4 is 0 Å². The molecular formula is C16H15ClN4O2. The Labute approximate surface area is 139 Å². The number of amides is 1. The molecule has 0 unspecified atom stereocenters. The quantitative estimate of drug-likeness (QED) is 0.751. The number of nitrogens with zero attached hydrogens (tertiary/aromatic N) is 4. The van der Waals surface area contributed by atoms with E-state index >= 15 is 0 Å². The van der Waals surface area contributed by atoms with E-state index in [1.54, 1.807) is 4.90 Å². The molecule has 23 heavy (non-hydrogen) atoms. The van der Waals surface area contributed by atoms with E-state index in [9.17, 15) is 4.79 Å². The Morgan fingerprint density at radius 1 is 1.39 bits per heavy atom. The van der Waals surface area contributed by atoms with Gasteiger partial charge in [-0.3, -0.25) is 4.90 Å². The molecule has 3 rings (SSSR count). The zero-order valence-electron chi connectivity index (χ0n) is 12.6. The number of halogens is 1. The van der Waals surface area contributed by atoms with Crippen LogP contribution in [0.3, 0.4) is 0 Å². The monoisotopic (exact) mass is 330 g/mol. The fraction of sp³-hybridized carbons (Fsp3) is 0.312. The predicted molar refractivity (Wildman–Crippen MR) is 84.9 cm³/mol. The molecule has 6 nitrogen and oxygen atoms in total. The first-order valence-corrected chi connectivity index (χ1v) is 7.53. The van der Waals surface area contributed by atoms with Crippen molar-refractivity contribution in [2.24, 2.45) is 0 Å². The van der Waals surface area contributed by atoms with Crippen molar-refractivity contribution in [2.45, 2.75) is 19.5 Å². The minimum atomic E-state index is -0.346. The van der Waals surface area contributed by atoms with E-state index in [4.69, 9.17) is 16.3 Å². The maximum absolute atomic E-state index is 11.6. The molecule has 0 atom stereocenters. The summed E-state index contributed by atoms with van der Waals surface area (Å²) >= 11 is 5.93. The molecule has 0 fully saturated rings. The second-order valence-corrected chi connectivity index (χ2v) is 5.50. The van der Waals surface area contributed by atoms with Crippen molar-refractivity contribution >= 4 is 17.7 Å². The van der Waals surface area contributed by atoms with Gasteiger partial charge in [-0.05, 0) is 18.2 Å². The second kappa shape index (κ2) is 6.71. The Hall–Kier alpha value is -2.52. The number of hydrogen-bond acceptors (Lipinski definition) is 4. The zero-order chi connectivity index (χ0) is 16.2. The molecular weight excluding hydrogens is 316 g/mol. The summed E-state index contributed by atoms with van der Waals surface area (Å²) in [5.41, 5.74) is 0.868. The third-order valence-electron chi connectivity index (χ3n) is 3.57. The van der Waals surface area contributed by atoms with Crippen molar-refractivity contribution in [2.75, 3.05) is 13.7 Å². The molecule has 0 radical (unpaired) electrons. The van der Waals surface area contributed by atoms with E-state index in [1.807, 2.05) is 28.8 Å². The van der Waals surface area contributed by atoms with Crippen LogP contribution in [-0.4, -0.2) is 39.4 Å². The van der Waals surface area contributed by atoms with Crippen molar-refractivity contribution in [3.05, 3.63) is 46.5 Å². The minimum absolute atomic E-state index is 0.346. The van der Waals surface area contributed by atoms with E-state index in [0.717, 1.165) is 17.2 Å². The van der Waals surface area contributed by atoms with Crippen molar-refractivity contribution < 1.29 is 9.53 Å². The van der Waals surface area contributed by atoms with Crippen molar-refractivity contribution in [3.8, 4) is 11.8 Å². The molecule has 1 aromatic carbocycles. The molecule has 2 heterocycles. The fourth-order valence-corrected chi connectivity index (χ4v) is 2.62. The lowest BCUT2D eigenvalue weighted by Crippen LogP contribution is -2.38. The maximum atomic E-state index is 11.6. The van der Waals surface area contributed by atoms with Crippen molar-refractivity contribution in [1.29, 1.82) is 0 Å². The molecule has 1 amide bonds. The van der Waals surface area contributed by atoms with Gasteiger partial charge in [-0.25, -0.2) is 4.79 Å². The Kier molecular flexibility index (Phi) is 4.49. The number of ether oxygens (including phenoxy) is 1. The molecule has 2 aromatic rings. The van der Waals surface area contributed by atoms with Gasteiger partial charge in [0, 0.05) is 23.7 Å². The topological polar surface area (TPSA) is 60.2 Å². The van der Waals surface area contributed by atoms with Gasteiger partial charge in [-0.15, -0.1) is 10.2 Å². The van der Waals surface area contributed by atoms with Gasteiger partial charge in [-0.2, -0.15) is 0 Å². The van der Waals surface area contributed by atoms with Gasteiger partial charge in [0.25, 0.3) is 0 Å². The summed E-state index contributed by atoms with van der Waals surface area (Å²) in [5, 5.41) is 8.98. The Bertz CT molecular complexity index is 791. The van der Waals surface area contributed by atoms with E-state index < -0.39 is 0 Å². The van der Waals surface area contributed by atoms with E-state index in [-0.39, 0.29) is 6.09 Å². The lowest BCUT2D eigenvalue weighted by atomic mass is 10.2. The lowest BCUT2D eigenvalue weighted by Gasteiger charge is -2.26. The largest absolute Gasteiger partial charge is 0.453 e. The van der Waals surface area contributed by atoms with Gasteiger partial charge in [0.2, 0.25) is 0 Å². The average Bonchev–Trinajstić information content (AvgIpc) is 2.96. The second-order valence-electron chi connectivity index (χ2n) is 5.06. The van der Waals surface area contributed by atoms with E-state index in [2.05, 4.69) is 22.0 Å². The molecule has 1 aliphatic heterocycles. The number of methoxy groups -OCH3 is 1. The van der Waals surface area contributed by atoms with Crippen LogP contribution in [0.2, 0.25) is 5.02 Å². The van der Waals surface area contributed by atoms with Gasteiger partial charge in [0.1, 0.15) is 5.82 Å². The summed E-state index contributed by atoms with van der Waals surface area (Å²) in [6.45, 7) is 1.62. The molecule has 7 heteroatoms. The first-order chi connectivity index (χ1) is 11.2. The average molecular weight is 331 g/mol. The molecule has 0 saturated heterocycles. The Morgan fingerprint density at radius 3 is 3.04 bits per heavy atom. The van der Waals surface area contributed by atoms with Gasteiger partial charge >= 0.3 is 6.09 Å². The molecule has 0 spiro atoms.